The zero-order chi connectivity index (χ0) is 12.4. The van der Waals surface area contributed by atoms with Gasteiger partial charge in [-0.05, 0) is 0 Å². The van der Waals surface area contributed by atoms with Crippen molar-refractivity contribution in [2.24, 2.45) is 0 Å². The summed E-state index contributed by atoms with van der Waals surface area (Å²) in [5.74, 6) is 0. The Balaban J connectivity index is 1.95. The van der Waals surface area contributed by atoms with E-state index in [0.717, 1.165) is 4.73 Å². The van der Waals surface area contributed by atoms with Crippen molar-refractivity contribution in [2.45, 2.75) is 24.9 Å². The van der Waals surface area contributed by atoms with Crippen LogP contribution in [0.5, 0.6) is 0 Å². The molecule has 3 atom stereocenters. The van der Waals surface area contributed by atoms with Gasteiger partial charge in [-0.25, -0.2) is 0 Å². The largest absolute Gasteiger partial charge is 0.394 e. The van der Waals surface area contributed by atoms with Crippen LogP contribution in [-0.2, 0) is 4.74 Å². The van der Waals surface area contributed by atoms with Crippen molar-refractivity contribution < 1.29 is 24.7 Å². The van der Waals surface area contributed by atoms with E-state index in [9.17, 15) is 15.2 Å². The molecule has 1 aromatic rings. The zero-order valence-electron chi connectivity index (χ0n) is 8.80. The second-order valence-electron chi connectivity index (χ2n) is 3.68. The number of hydrogen-bond acceptors (Lipinski definition) is 6. The zero-order valence-corrected chi connectivity index (χ0v) is 8.80. The van der Waals surface area contributed by atoms with E-state index in [1.54, 1.807) is 0 Å². The molecule has 8 nitrogen and oxygen atoms in total. The number of aliphatic hydroxyl groups excluding tert-OH is 2. The molecule has 8 heteroatoms. The molecule has 2 N–H and O–H groups in total. The second kappa shape index (κ2) is 4.70. The van der Waals surface area contributed by atoms with E-state index in [-0.39, 0.29) is 18.7 Å². The molecule has 1 fully saturated rings. The number of hydrogen-bond donors (Lipinski definition) is 2. The average Bonchev–Trinajstić information content (AvgIpc) is 2.86. The number of rotatable bonds is 4. The molecule has 0 saturated carbocycles. The van der Waals surface area contributed by atoms with Crippen LogP contribution in [0.15, 0.2) is 18.5 Å². The molecule has 0 bridgehead atoms. The summed E-state index contributed by atoms with van der Waals surface area (Å²) in [5, 5.41) is 28.7. The van der Waals surface area contributed by atoms with E-state index in [0.29, 0.717) is 0 Å². The Morgan fingerprint density at radius 3 is 3.00 bits per heavy atom. The normalized spacial score (nSPS) is 28.2. The van der Waals surface area contributed by atoms with Gasteiger partial charge in [-0.1, -0.05) is 0 Å². The first-order valence-electron chi connectivity index (χ1n) is 5.04. The molecule has 0 amide bonds. The number of aromatic nitrogens is 1. The van der Waals surface area contributed by atoms with Gasteiger partial charge < -0.3 is 19.8 Å². The Labute approximate surface area is 96.1 Å². The van der Waals surface area contributed by atoms with E-state index in [2.05, 4.69) is 0 Å². The fourth-order valence-corrected chi connectivity index (χ4v) is 1.60. The summed E-state index contributed by atoms with van der Waals surface area (Å²) in [6.45, 7) is -0.299. The minimum absolute atomic E-state index is 0.0951. The number of nitrogens with zero attached hydrogens (tertiary/aromatic N) is 2. The topological polar surface area (TPSA) is 107 Å². The molecule has 0 unspecified atom stereocenters. The van der Waals surface area contributed by atoms with Crippen LogP contribution in [-0.4, -0.2) is 45.0 Å². The Kier molecular flexibility index (Phi) is 3.27. The van der Waals surface area contributed by atoms with Gasteiger partial charge in [0.15, 0.2) is 0 Å². The standard InChI is InChI=1S/C9H12N2O6/c12-5-8-7(13)3-9(16-8)17-10-2-1-6(4-10)11(14)15/h1-2,4,7-9,12-13H,3,5H2/t7-,8+,9-/m0/s1. The smallest absolute Gasteiger partial charge is 0.290 e. The van der Waals surface area contributed by atoms with Crippen molar-refractivity contribution in [2.75, 3.05) is 6.61 Å². The maximum Gasteiger partial charge on any atom is 0.290 e. The van der Waals surface area contributed by atoms with Crippen LogP contribution in [0.1, 0.15) is 6.42 Å². The van der Waals surface area contributed by atoms with Crippen molar-refractivity contribution in [1.29, 1.82) is 0 Å². The average molecular weight is 244 g/mol. The predicted octanol–water partition coefficient (Wildman–Crippen LogP) is -0.707. The van der Waals surface area contributed by atoms with Crippen LogP contribution in [0.3, 0.4) is 0 Å². The van der Waals surface area contributed by atoms with Gasteiger partial charge in [0.2, 0.25) is 6.29 Å². The molecule has 1 saturated heterocycles. The number of nitro groups is 1. The summed E-state index contributed by atoms with van der Waals surface area (Å²) in [4.78, 5) is 15.1. The number of ether oxygens (including phenoxy) is 1. The molecule has 1 aliphatic heterocycles. The lowest BCUT2D eigenvalue weighted by molar-refractivity contribution is -0.385. The third-order valence-electron chi connectivity index (χ3n) is 2.47. The highest BCUT2D eigenvalue weighted by Gasteiger charge is 2.35. The molecular weight excluding hydrogens is 232 g/mol. The van der Waals surface area contributed by atoms with Crippen molar-refractivity contribution >= 4 is 5.69 Å². The lowest BCUT2D eigenvalue weighted by Crippen LogP contribution is -2.26. The van der Waals surface area contributed by atoms with Gasteiger partial charge in [0.05, 0.1) is 23.8 Å². The summed E-state index contributed by atoms with van der Waals surface area (Å²) in [6, 6.07) is 1.29. The molecular formula is C9H12N2O6. The predicted molar refractivity (Wildman–Crippen MR) is 54.0 cm³/mol. The Morgan fingerprint density at radius 1 is 1.71 bits per heavy atom. The molecule has 0 spiro atoms. The van der Waals surface area contributed by atoms with Crippen LogP contribution >= 0.6 is 0 Å². The molecule has 1 aromatic heterocycles. The van der Waals surface area contributed by atoms with Crippen LogP contribution < -0.4 is 4.84 Å². The monoisotopic (exact) mass is 244 g/mol. The van der Waals surface area contributed by atoms with Crippen LogP contribution in [0, 0.1) is 10.1 Å². The molecule has 0 radical (unpaired) electrons. The SMILES string of the molecule is O=[N+]([O-])c1ccn(O[C@H]2C[C@H](O)[C@@H](CO)O2)c1. The van der Waals surface area contributed by atoms with Crippen LogP contribution in [0.2, 0.25) is 0 Å². The summed E-state index contributed by atoms with van der Waals surface area (Å²) < 4.78 is 6.33. The van der Waals surface area contributed by atoms with Gasteiger partial charge in [0, 0.05) is 12.5 Å². The Hall–Kier alpha value is -1.64. The van der Waals surface area contributed by atoms with Gasteiger partial charge in [0.1, 0.15) is 12.3 Å². The molecule has 17 heavy (non-hydrogen) atoms. The highest BCUT2D eigenvalue weighted by Crippen LogP contribution is 2.20. The van der Waals surface area contributed by atoms with Gasteiger partial charge in [-0.15, -0.1) is 0 Å². The van der Waals surface area contributed by atoms with Crippen molar-refractivity contribution in [3.63, 3.8) is 0 Å². The van der Waals surface area contributed by atoms with Gasteiger partial charge >= 0.3 is 0 Å². The highest BCUT2D eigenvalue weighted by atomic mass is 16.8. The van der Waals surface area contributed by atoms with E-state index in [4.69, 9.17) is 14.7 Å². The lowest BCUT2D eigenvalue weighted by atomic mass is 10.2. The van der Waals surface area contributed by atoms with Gasteiger partial charge in [-0.2, -0.15) is 4.73 Å². The summed E-state index contributed by atoms with van der Waals surface area (Å²) >= 11 is 0. The van der Waals surface area contributed by atoms with Crippen molar-refractivity contribution in [3.8, 4) is 0 Å². The fourth-order valence-electron chi connectivity index (χ4n) is 1.60. The van der Waals surface area contributed by atoms with Gasteiger partial charge in [-0.3, -0.25) is 10.1 Å². The van der Waals surface area contributed by atoms with Crippen molar-refractivity contribution in [1.82, 2.24) is 4.73 Å². The maximum atomic E-state index is 10.4. The first kappa shape index (κ1) is 11.8. The first-order valence-corrected chi connectivity index (χ1v) is 5.04. The Bertz CT molecular complexity index is 406. The van der Waals surface area contributed by atoms with E-state index in [1.165, 1.54) is 18.5 Å². The summed E-state index contributed by atoms with van der Waals surface area (Å²) in [7, 11) is 0. The third-order valence-corrected chi connectivity index (χ3v) is 2.47. The summed E-state index contributed by atoms with van der Waals surface area (Å²) in [6.07, 6.45) is 0.578. The number of aliphatic hydroxyl groups is 2. The maximum absolute atomic E-state index is 10.4. The van der Waals surface area contributed by atoms with Crippen molar-refractivity contribution in [3.05, 3.63) is 28.6 Å². The van der Waals surface area contributed by atoms with E-state index >= 15 is 0 Å². The molecule has 1 aliphatic rings. The molecule has 0 aliphatic carbocycles. The second-order valence-corrected chi connectivity index (χ2v) is 3.68. The van der Waals surface area contributed by atoms with Crippen LogP contribution in [0.25, 0.3) is 0 Å². The molecule has 2 heterocycles. The molecule has 94 valence electrons. The molecule has 0 aromatic carbocycles. The first-order chi connectivity index (χ1) is 8.10. The third kappa shape index (κ3) is 2.54. The fraction of sp³-hybridized carbons (Fsp3) is 0.556. The summed E-state index contributed by atoms with van der Waals surface area (Å²) in [5.41, 5.74) is -0.0951. The van der Waals surface area contributed by atoms with Crippen LogP contribution in [0.4, 0.5) is 5.69 Å². The Morgan fingerprint density at radius 2 is 2.47 bits per heavy atom. The van der Waals surface area contributed by atoms with Gasteiger partial charge in [0.25, 0.3) is 5.69 Å². The van der Waals surface area contributed by atoms with E-state index in [1.807, 2.05) is 0 Å². The van der Waals surface area contributed by atoms with E-state index < -0.39 is 23.4 Å². The highest BCUT2D eigenvalue weighted by molar-refractivity contribution is 5.24. The minimum Gasteiger partial charge on any atom is -0.394 e. The minimum atomic E-state index is -0.796. The quantitative estimate of drug-likeness (QED) is 0.535. The molecule has 2 rings (SSSR count). The lowest BCUT2D eigenvalue weighted by Gasteiger charge is -2.13.